The molecule has 0 unspecified atom stereocenters. The maximum absolute atomic E-state index is 12.9. The molecule has 0 aromatic rings. The smallest absolute Gasteiger partial charge is 0.302 e. The number of Topliss-reactive ketones (excluding diaryl/α,β-unsaturated/α-hetero) is 1. The summed E-state index contributed by atoms with van der Waals surface area (Å²) in [5.41, 5.74) is 7.79. The van der Waals surface area contributed by atoms with E-state index in [1.165, 1.54) is 12.5 Å². The summed E-state index contributed by atoms with van der Waals surface area (Å²) in [6.45, 7) is 16.7. The van der Waals surface area contributed by atoms with Crippen molar-refractivity contribution in [3.63, 3.8) is 0 Å². The molecule has 43 heavy (non-hydrogen) atoms. The minimum atomic E-state index is -2.22. The molecule has 1 spiro atoms. The number of ether oxygens (including phenoxy) is 3. The molecule has 2 saturated heterocycles. The van der Waals surface area contributed by atoms with Crippen molar-refractivity contribution < 1.29 is 33.3 Å². The number of esters is 1. The lowest BCUT2D eigenvalue weighted by Crippen LogP contribution is -2.68. The van der Waals surface area contributed by atoms with Crippen molar-refractivity contribution in [3.8, 4) is 0 Å². The van der Waals surface area contributed by atoms with Crippen LogP contribution in [0, 0.1) is 34.5 Å². The first kappa shape index (κ1) is 31.2. The van der Waals surface area contributed by atoms with Crippen molar-refractivity contribution in [2.24, 2.45) is 39.6 Å². The predicted molar refractivity (Wildman–Crippen MR) is 161 cm³/mol. The van der Waals surface area contributed by atoms with Gasteiger partial charge in [-0.25, -0.2) is 0 Å². The summed E-state index contributed by atoms with van der Waals surface area (Å²) >= 11 is 0. The molecule has 2 heterocycles. The number of carbonyl (C=O) groups is 2. The first-order chi connectivity index (χ1) is 19.9. The molecule has 5 fully saturated rings. The highest BCUT2D eigenvalue weighted by atomic mass is 28.4. The number of carbonyl (C=O) groups excluding carboxylic acids is 2. The van der Waals surface area contributed by atoms with Gasteiger partial charge in [-0.2, -0.15) is 0 Å². The van der Waals surface area contributed by atoms with Gasteiger partial charge in [0.2, 0.25) is 0 Å². The van der Waals surface area contributed by atoms with Crippen LogP contribution in [0.25, 0.3) is 10.4 Å². The highest BCUT2D eigenvalue weighted by molar-refractivity contribution is 6.69. The number of fused-ring (bicyclic) bond motifs is 7. The topological polar surface area (TPSA) is 140 Å². The maximum atomic E-state index is 12.9. The highest BCUT2D eigenvalue weighted by Gasteiger charge is 2.78. The third-order valence-corrected chi connectivity index (χ3v) is 13.4. The first-order valence-electron chi connectivity index (χ1n) is 16.1. The van der Waals surface area contributed by atoms with E-state index in [1.807, 2.05) is 0 Å². The van der Waals surface area contributed by atoms with Gasteiger partial charge in [0.1, 0.15) is 23.6 Å². The van der Waals surface area contributed by atoms with E-state index in [1.54, 1.807) is 6.92 Å². The summed E-state index contributed by atoms with van der Waals surface area (Å²) in [4.78, 5) is 28.7. The zero-order valence-corrected chi connectivity index (χ0v) is 28.0. The van der Waals surface area contributed by atoms with Crippen LogP contribution in [0.4, 0.5) is 0 Å². The van der Waals surface area contributed by atoms with Crippen LogP contribution in [-0.2, 0) is 28.2 Å². The molecule has 6 aliphatic rings. The van der Waals surface area contributed by atoms with Crippen LogP contribution in [0.5, 0.6) is 0 Å². The van der Waals surface area contributed by atoms with E-state index in [0.717, 1.165) is 12.8 Å². The second kappa shape index (κ2) is 9.87. The van der Waals surface area contributed by atoms with Crippen molar-refractivity contribution in [3.05, 3.63) is 22.1 Å². The molecule has 2 aliphatic heterocycles. The van der Waals surface area contributed by atoms with E-state index in [9.17, 15) is 20.2 Å². The molecule has 3 saturated carbocycles. The van der Waals surface area contributed by atoms with Gasteiger partial charge >= 0.3 is 5.97 Å². The lowest BCUT2D eigenvalue weighted by Gasteiger charge is -2.63. The van der Waals surface area contributed by atoms with Crippen molar-refractivity contribution in [1.29, 1.82) is 0 Å². The molecule has 12 atom stereocenters. The number of ketones is 1. The van der Waals surface area contributed by atoms with Crippen LogP contribution >= 0.6 is 0 Å². The van der Waals surface area contributed by atoms with Crippen LogP contribution in [-0.4, -0.2) is 67.0 Å². The fraction of sp³-hybridized carbons (Fsp3) is 0.875. The van der Waals surface area contributed by atoms with E-state index >= 15 is 0 Å². The SMILES string of the molecule is CC(=O)O[C@@H]1C[C@H]2[C@@H](CC[C@H]3CC(=O)[C@H](N=[N+]=[N-])C[C@@]32C)C2=C[C@@H]3O[C@]4(CC[C@@](C)(O)CO4)[C@@H](C)[C@]3(O[Si](C)(C)C)[C@]21C. The monoisotopic (exact) mass is 615 g/mol. The van der Waals surface area contributed by atoms with E-state index in [0.29, 0.717) is 32.1 Å². The Balaban J connectivity index is 1.48. The Morgan fingerprint density at radius 2 is 1.93 bits per heavy atom. The molecular formula is C32H49N3O7Si. The molecule has 0 radical (unpaired) electrons. The number of nitrogens with zero attached hydrogens (tertiary/aromatic N) is 3. The maximum Gasteiger partial charge on any atom is 0.302 e. The van der Waals surface area contributed by atoms with E-state index in [-0.39, 0.29) is 47.4 Å². The molecule has 4 aliphatic carbocycles. The molecule has 0 aromatic carbocycles. The van der Waals surface area contributed by atoms with Gasteiger partial charge in [-0.3, -0.25) is 9.59 Å². The largest absolute Gasteiger partial charge is 0.462 e. The van der Waals surface area contributed by atoms with Gasteiger partial charge in [-0.15, -0.1) is 0 Å². The Bertz CT molecular complexity index is 1280. The second-order valence-electron chi connectivity index (χ2n) is 16.1. The fourth-order valence-electron chi connectivity index (χ4n) is 10.5. The van der Waals surface area contributed by atoms with Gasteiger partial charge in [-0.1, -0.05) is 30.6 Å². The van der Waals surface area contributed by atoms with Crippen LogP contribution in [0.1, 0.15) is 79.6 Å². The molecule has 10 nitrogen and oxygen atoms in total. The Labute approximate surface area is 256 Å². The lowest BCUT2D eigenvalue weighted by atomic mass is 9.44. The molecular weight excluding hydrogens is 566 g/mol. The van der Waals surface area contributed by atoms with Gasteiger partial charge in [0.15, 0.2) is 14.1 Å². The lowest BCUT2D eigenvalue weighted by molar-refractivity contribution is -0.289. The summed E-state index contributed by atoms with van der Waals surface area (Å²) in [6, 6.07) is -0.659. The van der Waals surface area contributed by atoms with Crippen LogP contribution in [0.2, 0.25) is 19.6 Å². The van der Waals surface area contributed by atoms with Crippen molar-refractivity contribution >= 4 is 20.1 Å². The van der Waals surface area contributed by atoms with Crippen molar-refractivity contribution in [2.75, 3.05) is 6.61 Å². The summed E-state index contributed by atoms with van der Waals surface area (Å²) in [6.07, 6.45) is 5.95. The second-order valence-corrected chi connectivity index (χ2v) is 20.5. The average molecular weight is 616 g/mol. The normalized spacial score (nSPS) is 50.6. The third-order valence-electron chi connectivity index (χ3n) is 12.5. The Morgan fingerprint density at radius 3 is 2.53 bits per heavy atom. The average Bonchev–Trinajstić information content (AvgIpc) is 3.27. The number of hydrogen-bond acceptors (Lipinski definition) is 8. The number of azide groups is 1. The van der Waals surface area contributed by atoms with Gasteiger partial charge < -0.3 is 23.7 Å². The Hall–Kier alpha value is -1.75. The van der Waals surface area contributed by atoms with Gasteiger partial charge in [0, 0.05) is 30.6 Å². The molecule has 0 bridgehead atoms. The summed E-state index contributed by atoms with van der Waals surface area (Å²) in [5.74, 6) is -0.861. The molecule has 6 rings (SSSR count). The molecule has 0 amide bonds. The quantitative estimate of drug-likeness (QED) is 0.105. The van der Waals surface area contributed by atoms with Crippen molar-refractivity contribution in [2.45, 2.75) is 134 Å². The molecule has 0 aromatic heterocycles. The van der Waals surface area contributed by atoms with E-state index < -0.39 is 49.0 Å². The van der Waals surface area contributed by atoms with E-state index in [2.05, 4.69) is 56.5 Å². The van der Waals surface area contributed by atoms with Crippen molar-refractivity contribution in [1.82, 2.24) is 0 Å². The summed E-state index contributed by atoms with van der Waals surface area (Å²) in [5, 5.41) is 14.6. The standard InChI is InChI=1S/C32H49N3O7Si/c1-18-31(12-11-28(3,38)17-39-31)41-27-15-23-21-10-9-20-13-25(37)24(34-35-33)16-29(20,4)22(21)14-26(40-19(2)36)30(23,5)32(18,27)42-43(6,7)8/h15,18,20-22,24,26-27,38H,9-14,16-17H2,1-8H3/t18-,20+,21-,22+,24-,26-,27+,28-,29+,30-,31-,32-/m1/s1. The summed E-state index contributed by atoms with van der Waals surface area (Å²) < 4.78 is 27.2. The molecule has 11 heteroatoms. The molecule has 1 N–H and O–H groups in total. The zero-order valence-electron chi connectivity index (χ0n) is 27.0. The minimum absolute atomic E-state index is 0.0343. The first-order valence-corrected chi connectivity index (χ1v) is 19.5. The predicted octanol–water partition coefficient (Wildman–Crippen LogP) is 5.84. The van der Waals surface area contributed by atoms with Crippen LogP contribution in [0.15, 0.2) is 16.8 Å². The Kier molecular flexibility index (Phi) is 7.17. The number of rotatable bonds is 4. The zero-order chi connectivity index (χ0) is 31.4. The third kappa shape index (κ3) is 4.43. The number of hydrogen-bond donors (Lipinski definition) is 1. The van der Waals surface area contributed by atoms with Gasteiger partial charge in [-0.05, 0) is 94.3 Å². The minimum Gasteiger partial charge on any atom is -0.462 e. The fourth-order valence-corrected chi connectivity index (χ4v) is 12.0. The van der Waals surface area contributed by atoms with Gasteiger partial charge in [0.25, 0.3) is 0 Å². The Morgan fingerprint density at radius 1 is 1.21 bits per heavy atom. The number of aliphatic hydroxyl groups is 1. The highest BCUT2D eigenvalue weighted by Crippen LogP contribution is 2.72. The van der Waals surface area contributed by atoms with Gasteiger partial charge in [0.05, 0.1) is 23.7 Å². The van der Waals surface area contributed by atoms with Crippen LogP contribution < -0.4 is 0 Å². The van der Waals surface area contributed by atoms with Crippen LogP contribution in [0.3, 0.4) is 0 Å². The summed E-state index contributed by atoms with van der Waals surface area (Å²) in [7, 11) is -2.22. The van der Waals surface area contributed by atoms with E-state index in [4.69, 9.17) is 18.6 Å². The molecule has 238 valence electrons.